The number of amides is 1. The van der Waals surface area contributed by atoms with Crippen LogP contribution in [0.4, 0.5) is 16.5 Å². The summed E-state index contributed by atoms with van der Waals surface area (Å²) in [6.45, 7) is 2.07. The SMILES string of the molecule is CCc1ccccc1NC(=O)Cc1csc(Nc2cc(OC)ccc2OC)n1. The number of aromatic nitrogens is 1. The predicted molar refractivity (Wildman–Crippen MR) is 113 cm³/mol. The molecule has 1 amide bonds. The number of hydrogen-bond acceptors (Lipinski definition) is 6. The van der Waals surface area contributed by atoms with Gasteiger partial charge in [-0.2, -0.15) is 0 Å². The highest BCUT2D eigenvalue weighted by Crippen LogP contribution is 2.32. The zero-order valence-electron chi connectivity index (χ0n) is 16.1. The van der Waals surface area contributed by atoms with Crippen LogP contribution in [0.1, 0.15) is 18.2 Å². The van der Waals surface area contributed by atoms with Gasteiger partial charge >= 0.3 is 0 Å². The highest BCUT2D eigenvalue weighted by atomic mass is 32.1. The minimum absolute atomic E-state index is 0.0864. The first-order valence-electron chi connectivity index (χ1n) is 8.94. The zero-order valence-corrected chi connectivity index (χ0v) is 16.9. The van der Waals surface area contributed by atoms with Crippen molar-refractivity contribution in [1.29, 1.82) is 0 Å². The molecule has 28 heavy (non-hydrogen) atoms. The van der Waals surface area contributed by atoms with Crippen molar-refractivity contribution in [2.45, 2.75) is 19.8 Å². The number of carbonyl (C=O) groups is 1. The van der Waals surface area contributed by atoms with Gasteiger partial charge in [-0.05, 0) is 30.2 Å². The molecule has 3 rings (SSSR count). The molecule has 7 heteroatoms. The number of carbonyl (C=O) groups excluding carboxylic acids is 1. The molecular weight excluding hydrogens is 374 g/mol. The van der Waals surface area contributed by atoms with E-state index in [-0.39, 0.29) is 12.3 Å². The van der Waals surface area contributed by atoms with Crippen LogP contribution in [-0.4, -0.2) is 25.1 Å². The highest BCUT2D eigenvalue weighted by molar-refractivity contribution is 7.13. The number of hydrogen-bond donors (Lipinski definition) is 2. The summed E-state index contributed by atoms with van der Waals surface area (Å²) < 4.78 is 10.6. The third-order valence-electron chi connectivity index (χ3n) is 4.21. The number of nitrogens with zero attached hydrogens (tertiary/aromatic N) is 1. The van der Waals surface area contributed by atoms with Crippen molar-refractivity contribution < 1.29 is 14.3 Å². The summed E-state index contributed by atoms with van der Waals surface area (Å²) in [4.78, 5) is 16.9. The first-order chi connectivity index (χ1) is 13.6. The van der Waals surface area contributed by atoms with E-state index in [4.69, 9.17) is 9.47 Å². The van der Waals surface area contributed by atoms with Crippen molar-refractivity contribution in [2.24, 2.45) is 0 Å². The molecule has 0 fully saturated rings. The molecule has 0 saturated heterocycles. The number of ether oxygens (including phenoxy) is 2. The number of rotatable bonds is 8. The van der Waals surface area contributed by atoms with Gasteiger partial charge in [0.15, 0.2) is 5.13 Å². The van der Waals surface area contributed by atoms with E-state index >= 15 is 0 Å². The minimum Gasteiger partial charge on any atom is -0.497 e. The number of para-hydroxylation sites is 1. The van der Waals surface area contributed by atoms with Crippen molar-refractivity contribution in [3.63, 3.8) is 0 Å². The van der Waals surface area contributed by atoms with Crippen molar-refractivity contribution in [3.05, 3.63) is 59.1 Å². The molecule has 0 unspecified atom stereocenters. The van der Waals surface area contributed by atoms with E-state index in [9.17, 15) is 4.79 Å². The smallest absolute Gasteiger partial charge is 0.230 e. The Labute approximate surface area is 168 Å². The maximum atomic E-state index is 12.4. The molecule has 0 spiro atoms. The number of benzene rings is 2. The predicted octanol–water partition coefficient (Wildman–Crippen LogP) is 4.65. The van der Waals surface area contributed by atoms with E-state index in [0.29, 0.717) is 22.3 Å². The standard InChI is InChI=1S/C21H23N3O3S/c1-4-14-7-5-6-8-17(14)23-20(25)11-15-13-28-21(22-15)24-18-12-16(26-2)9-10-19(18)27-3/h5-10,12-13H,4,11H2,1-3H3,(H,22,24)(H,23,25). The van der Waals surface area contributed by atoms with Gasteiger partial charge in [0.05, 0.1) is 32.0 Å². The van der Waals surface area contributed by atoms with Gasteiger partial charge in [-0.15, -0.1) is 11.3 Å². The van der Waals surface area contributed by atoms with E-state index in [1.54, 1.807) is 14.2 Å². The fraction of sp³-hybridized carbons (Fsp3) is 0.238. The molecular formula is C21H23N3O3S. The van der Waals surface area contributed by atoms with Crippen LogP contribution >= 0.6 is 11.3 Å². The molecule has 6 nitrogen and oxygen atoms in total. The summed E-state index contributed by atoms with van der Waals surface area (Å²) in [5.41, 5.74) is 3.43. The lowest BCUT2D eigenvalue weighted by Gasteiger charge is -2.10. The molecule has 0 aliphatic rings. The van der Waals surface area contributed by atoms with Crippen LogP contribution in [-0.2, 0) is 17.6 Å². The van der Waals surface area contributed by atoms with Gasteiger partial charge in [-0.1, -0.05) is 25.1 Å². The van der Waals surface area contributed by atoms with Crippen LogP contribution in [0.5, 0.6) is 11.5 Å². The fourth-order valence-corrected chi connectivity index (χ4v) is 3.50. The third kappa shape index (κ3) is 4.80. The average Bonchev–Trinajstić information content (AvgIpc) is 3.14. The fourth-order valence-electron chi connectivity index (χ4n) is 2.78. The average molecular weight is 398 g/mol. The second-order valence-electron chi connectivity index (χ2n) is 6.07. The Kier molecular flexibility index (Phi) is 6.49. The topological polar surface area (TPSA) is 72.5 Å². The summed E-state index contributed by atoms with van der Waals surface area (Å²) in [7, 11) is 3.22. The summed E-state index contributed by atoms with van der Waals surface area (Å²) in [5, 5.41) is 8.76. The lowest BCUT2D eigenvalue weighted by Crippen LogP contribution is -2.15. The van der Waals surface area contributed by atoms with Gasteiger partial charge in [-0.3, -0.25) is 4.79 Å². The molecule has 2 N–H and O–H groups in total. The Morgan fingerprint density at radius 2 is 1.93 bits per heavy atom. The van der Waals surface area contributed by atoms with E-state index in [1.165, 1.54) is 11.3 Å². The number of aryl methyl sites for hydroxylation is 1. The van der Waals surface area contributed by atoms with Crippen LogP contribution < -0.4 is 20.1 Å². The molecule has 2 aromatic carbocycles. The van der Waals surface area contributed by atoms with Gasteiger partial charge in [-0.25, -0.2) is 4.98 Å². The molecule has 146 valence electrons. The second-order valence-corrected chi connectivity index (χ2v) is 6.93. The summed E-state index contributed by atoms with van der Waals surface area (Å²) in [6, 6.07) is 13.3. The molecule has 0 bridgehead atoms. The first kappa shape index (κ1) is 19.7. The Balaban J connectivity index is 1.67. The van der Waals surface area contributed by atoms with Crippen LogP contribution in [0, 0.1) is 0 Å². The maximum absolute atomic E-state index is 12.4. The van der Waals surface area contributed by atoms with Gasteiger partial charge in [0.1, 0.15) is 11.5 Å². The lowest BCUT2D eigenvalue weighted by molar-refractivity contribution is -0.115. The Hall–Kier alpha value is -3.06. The summed E-state index contributed by atoms with van der Waals surface area (Å²) in [5.74, 6) is 1.32. The highest BCUT2D eigenvalue weighted by Gasteiger charge is 2.12. The quantitative estimate of drug-likeness (QED) is 0.579. The summed E-state index contributed by atoms with van der Waals surface area (Å²) in [6.07, 6.45) is 1.08. The third-order valence-corrected chi connectivity index (χ3v) is 5.02. The monoisotopic (exact) mass is 397 g/mol. The van der Waals surface area contributed by atoms with Crippen molar-refractivity contribution in [1.82, 2.24) is 4.98 Å². The van der Waals surface area contributed by atoms with E-state index < -0.39 is 0 Å². The molecule has 1 heterocycles. The molecule has 0 aliphatic heterocycles. The van der Waals surface area contributed by atoms with Gasteiger partial charge in [0, 0.05) is 17.1 Å². The van der Waals surface area contributed by atoms with Crippen molar-refractivity contribution >= 4 is 33.8 Å². The van der Waals surface area contributed by atoms with Crippen LogP contribution in [0.3, 0.4) is 0 Å². The number of nitrogens with one attached hydrogen (secondary N) is 2. The molecule has 0 radical (unpaired) electrons. The van der Waals surface area contributed by atoms with E-state index in [1.807, 2.05) is 47.8 Å². The Morgan fingerprint density at radius 3 is 2.68 bits per heavy atom. The van der Waals surface area contributed by atoms with Crippen molar-refractivity contribution in [3.8, 4) is 11.5 Å². The number of methoxy groups -OCH3 is 2. The summed E-state index contributed by atoms with van der Waals surface area (Å²) >= 11 is 1.43. The molecule has 3 aromatic rings. The van der Waals surface area contributed by atoms with E-state index in [2.05, 4.69) is 22.5 Å². The first-order valence-corrected chi connectivity index (χ1v) is 9.82. The van der Waals surface area contributed by atoms with Gasteiger partial charge in [0.2, 0.25) is 5.91 Å². The number of anilines is 3. The lowest BCUT2D eigenvalue weighted by atomic mass is 10.1. The molecule has 0 aliphatic carbocycles. The zero-order chi connectivity index (χ0) is 19.9. The molecule has 0 saturated carbocycles. The van der Waals surface area contributed by atoms with Gasteiger partial charge < -0.3 is 20.1 Å². The second kappa shape index (κ2) is 9.23. The van der Waals surface area contributed by atoms with E-state index in [0.717, 1.165) is 23.4 Å². The number of thiazole rings is 1. The maximum Gasteiger partial charge on any atom is 0.230 e. The normalized spacial score (nSPS) is 10.4. The van der Waals surface area contributed by atoms with Crippen LogP contribution in [0.2, 0.25) is 0 Å². The van der Waals surface area contributed by atoms with Crippen molar-refractivity contribution in [2.75, 3.05) is 24.9 Å². The minimum atomic E-state index is -0.0864. The Morgan fingerprint density at radius 1 is 1.11 bits per heavy atom. The van der Waals surface area contributed by atoms with Crippen LogP contribution in [0.25, 0.3) is 0 Å². The molecule has 1 aromatic heterocycles. The largest absolute Gasteiger partial charge is 0.497 e. The van der Waals surface area contributed by atoms with Gasteiger partial charge in [0.25, 0.3) is 0 Å². The molecule has 0 atom stereocenters. The van der Waals surface area contributed by atoms with Crippen LogP contribution in [0.15, 0.2) is 47.8 Å². The Bertz CT molecular complexity index is 956.